The van der Waals surface area contributed by atoms with Crippen LogP contribution in [0.4, 0.5) is 0 Å². The summed E-state index contributed by atoms with van der Waals surface area (Å²) in [7, 11) is 0. The number of hydrogen-bond acceptors (Lipinski definition) is 4. The first-order valence-electron chi connectivity index (χ1n) is 6.20. The lowest BCUT2D eigenvalue weighted by Gasteiger charge is -2.04. The van der Waals surface area contributed by atoms with Gasteiger partial charge >= 0.3 is 0 Å². The fourth-order valence-corrected chi connectivity index (χ4v) is 1.72. The Morgan fingerprint density at radius 2 is 2.33 bits per heavy atom. The van der Waals surface area contributed by atoms with Crippen molar-refractivity contribution in [3.8, 4) is 0 Å². The Balaban J connectivity index is 1.77. The molecule has 2 aromatic rings. The minimum Gasteiger partial charge on any atom is -0.356 e. The molecule has 0 radical (unpaired) electrons. The number of aryl methyl sites for hydroxylation is 1. The highest BCUT2D eigenvalue weighted by Gasteiger charge is 2.01. The minimum atomic E-state index is 0.127. The van der Waals surface area contributed by atoms with E-state index in [2.05, 4.69) is 20.4 Å². The molecule has 2 rings (SSSR count). The molecule has 0 spiro atoms. The number of aromatic nitrogens is 4. The molecule has 6 nitrogen and oxygen atoms in total. The van der Waals surface area contributed by atoms with Crippen LogP contribution in [0.1, 0.15) is 31.7 Å². The van der Waals surface area contributed by atoms with Crippen molar-refractivity contribution in [1.82, 2.24) is 24.9 Å². The van der Waals surface area contributed by atoms with Crippen LogP contribution in [0.5, 0.6) is 0 Å². The molecule has 0 aliphatic heterocycles. The monoisotopic (exact) mass is 247 g/mol. The fraction of sp³-hybridized carbons (Fsp3) is 0.500. The van der Waals surface area contributed by atoms with Crippen LogP contribution in [0.25, 0.3) is 5.78 Å². The van der Waals surface area contributed by atoms with Gasteiger partial charge in [0.05, 0.1) is 0 Å². The topological polar surface area (TPSA) is 72.2 Å². The first-order chi connectivity index (χ1) is 8.79. The second-order valence-electron chi connectivity index (χ2n) is 4.17. The highest BCUT2D eigenvalue weighted by Crippen LogP contribution is 2.02. The Hall–Kier alpha value is -1.98. The van der Waals surface area contributed by atoms with Crippen molar-refractivity contribution in [2.45, 2.75) is 32.6 Å². The lowest BCUT2D eigenvalue weighted by Crippen LogP contribution is -2.24. The van der Waals surface area contributed by atoms with Crippen molar-refractivity contribution in [3.63, 3.8) is 0 Å². The molecule has 2 aromatic heterocycles. The predicted molar refractivity (Wildman–Crippen MR) is 67.0 cm³/mol. The van der Waals surface area contributed by atoms with E-state index in [1.165, 1.54) is 6.33 Å². The molecular weight excluding hydrogens is 230 g/mol. The third-order valence-electron chi connectivity index (χ3n) is 2.63. The van der Waals surface area contributed by atoms with Gasteiger partial charge in [0.1, 0.15) is 6.33 Å². The number of carbonyl (C=O) groups is 1. The van der Waals surface area contributed by atoms with E-state index in [1.54, 1.807) is 10.7 Å². The van der Waals surface area contributed by atoms with E-state index < -0.39 is 0 Å². The van der Waals surface area contributed by atoms with Crippen LogP contribution in [0.3, 0.4) is 0 Å². The number of amides is 1. The Bertz CT molecular complexity index is 522. The molecule has 0 aliphatic rings. The Morgan fingerprint density at radius 3 is 3.17 bits per heavy atom. The molecule has 0 aromatic carbocycles. The first kappa shape index (κ1) is 12.5. The van der Waals surface area contributed by atoms with E-state index in [4.69, 9.17) is 0 Å². The van der Waals surface area contributed by atoms with E-state index in [9.17, 15) is 4.79 Å². The maximum Gasteiger partial charge on any atom is 0.252 e. The summed E-state index contributed by atoms with van der Waals surface area (Å²) in [6, 6.07) is 0. The van der Waals surface area contributed by atoms with Gasteiger partial charge in [0.15, 0.2) is 0 Å². The van der Waals surface area contributed by atoms with Gasteiger partial charge in [-0.2, -0.15) is 10.1 Å². The molecule has 0 unspecified atom stereocenters. The summed E-state index contributed by atoms with van der Waals surface area (Å²) < 4.78 is 1.66. The van der Waals surface area contributed by atoms with Crippen molar-refractivity contribution in [3.05, 3.63) is 24.3 Å². The van der Waals surface area contributed by atoms with Crippen molar-refractivity contribution in [2.24, 2.45) is 0 Å². The van der Waals surface area contributed by atoms with Crippen LogP contribution in [0, 0.1) is 0 Å². The second kappa shape index (κ2) is 6.09. The van der Waals surface area contributed by atoms with Crippen LogP contribution >= 0.6 is 0 Å². The van der Waals surface area contributed by atoms with Crippen LogP contribution in [0.15, 0.2) is 18.7 Å². The molecule has 2 heterocycles. The van der Waals surface area contributed by atoms with E-state index in [-0.39, 0.29) is 5.91 Å². The molecule has 96 valence electrons. The maximum absolute atomic E-state index is 11.2. The SMILES string of the molecule is CCCC(=O)NCCCc1cnc2ncnn2c1. The van der Waals surface area contributed by atoms with Gasteiger partial charge in [0.2, 0.25) is 5.91 Å². The van der Waals surface area contributed by atoms with Crippen LogP contribution in [0.2, 0.25) is 0 Å². The summed E-state index contributed by atoms with van der Waals surface area (Å²) in [5.74, 6) is 0.734. The highest BCUT2D eigenvalue weighted by molar-refractivity contribution is 5.75. The molecular formula is C12H17N5O. The molecule has 0 saturated heterocycles. The highest BCUT2D eigenvalue weighted by atomic mass is 16.1. The standard InChI is InChI=1S/C12H17N5O/c1-2-4-11(18)13-6-3-5-10-7-14-12-15-9-16-17(12)8-10/h7-9H,2-6H2,1H3,(H,13,18). The summed E-state index contributed by atoms with van der Waals surface area (Å²) in [5.41, 5.74) is 1.10. The number of hydrogen-bond donors (Lipinski definition) is 1. The molecule has 0 aliphatic carbocycles. The lowest BCUT2D eigenvalue weighted by atomic mass is 10.2. The van der Waals surface area contributed by atoms with Crippen LogP contribution in [-0.2, 0) is 11.2 Å². The third kappa shape index (κ3) is 3.26. The lowest BCUT2D eigenvalue weighted by molar-refractivity contribution is -0.121. The van der Waals surface area contributed by atoms with Gasteiger partial charge in [-0.1, -0.05) is 6.92 Å². The number of carbonyl (C=O) groups excluding carboxylic acids is 1. The Kier molecular flexibility index (Phi) is 4.22. The van der Waals surface area contributed by atoms with Crippen LogP contribution in [-0.4, -0.2) is 32.0 Å². The Morgan fingerprint density at radius 1 is 1.44 bits per heavy atom. The average molecular weight is 247 g/mol. The quantitative estimate of drug-likeness (QED) is 0.772. The fourth-order valence-electron chi connectivity index (χ4n) is 1.72. The largest absolute Gasteiger partial charge is 0.356 e. The van der Waals surface area contributed by atoms with Gasteiger partial charge in [-0.15, -0.1) is 0 Å². The summed E-state index contributed by atoms with van der Waals surface area (Å²) in [6.07, 6.45) is 8.47. The minimum absolute atomic E-state index is 0.127. The molecule has 1 amide bonds. The average Bonchev–Trinajstić information content (AvgIpc) is 2.82. The predicted octanol–water partition coefficient (Wildman–Crippen LogP) is 0.973. The van der Waals surface area contributed by atoms with Crippen LogP contribution < -0.4 is 5.32 Å². The molecule has 0 fully saturated rings. The smallest absolute Gasteiger partial charge is 0.252 e. The zero-order valence-electron chi connectivity index (χ0n) is 10.5. The number of nitrogens with zero attached hydrogens (tertiary/aromatic N) is 4. The maximum atomic E-state index is 11.2. The second-order valence-corrected chi connectivity index (χ2v) is 4.17. The first-order valence-corrected chi connectivity index (χ1v) is 6.20. The molecule has 6 heteroatoms. The van der Waals surface area contributed by atoms with E-state index in [0.717, 1.165) is 24.8 Å². The summed E-state index contributed by atoms with van der Waals surface area (Å²) in [5, 5.41) is 6.93. The zero-order valence-corrected chi connectivity index (χ0v) is 10.5. The summed E-state index contributed by atoms with van der Waals surface area (Å²) in [4.78, 5) is 19.4. The Labute approximate surface area is 105 Å². The van der Waals surface area contributed by atoms with E-state index in [0.29, 0.717) is 18.7 Å². The van der Waals surface area contributed by atoms with Gasteiger partial charge in [-0.05, 0) is 24.8 Å². The molecule has 1 N–H and O–H groups in total. The third-order valence-corrected chi connectivity index (χ3v) is 2.63. The van der Waals surface area contributed by atoms with Gasteiger partial charge in [-0.3, -0.25) is 4.79 Å². The van der Waals surface area contributed by atoms with Gasteiger partial charge in [0.25, 0.3) is 5.78 Å². The van der Waals surface area contributed by atoms with Gasteiger partial charge in [-0.25, -0.2) is 9.50 Å². The van der Waals surface area contributed by atoms with Crippen molar-refractivity contribution >= 4 is 11.7 Å². The normalized spacial score (nSPS) is 10.7. The van der Waals surface area contributed by atoms with Gasteiger partial charge < -0.3 is 5.32 Å². The zero-order chi connectivity index (χ0) is 12.8. The molecule has 0 saturated carbocycles. The molecule has 18 heavy (non-hydrogen) atoms. The number of rotatable bonds is 6. The number of nitrogens with one attached hydrogen (secondary N) is 1. The summed E-state index contributed by atoms with van der Waals surface area (Å²) >= 11 is 0. The molecule has 0 bridgehead atoms. The van der Waals surface area contributed by atoms with Gasteiger partial charge in [0, 0.05) is 25.4 Å². The van der Waals surface area contributed by atoms with Crippen molar-refractivity contribution in [1.29, 1.82) is 0 Å². The van der Waals surface area contributed by atoms with E-state index >= 15 is 0 Å². The summed E-state index contributed by atoms with van der Waals surface area (Å²) in [6.45, 7) is 2.70. The van der Waals surface area contributed by atoms with Crippen molar-refractivity contribution in [2.75, 3.05) is 6.54 Å². The number of fused-ring (bicyclic) bond motifs is 1. The molecule has 0 atom stereocenters. The van der Waals surface area contributed by atoms with E-state index in [1.807, 2.05) is 13.1 Å². The van der Waals surface area contributed by atoms with Crippen molar-refractivity contribution < 1.29 is 4.79 Å².